The maximum atomic E-state index is 5.41. The predicted octanol–water partition coefficient (Wildman–Crippen LogP) is 3.49. The van der Waals surface area contributed by atoms with E-state index in [0.29, 0.717) is 22.6 Å². The molecule has 2 heterocycles. The smallest absolute Gasteiger partial charge is 0.242 e. The molecule has 1 N–H and O–H groups in total. The van der Waals surface area contributed by atoms with Crippen molar-refractivity contribution in [3.8, 4) is 5.88 Å². The lowest BCUT2D eigenvalue weighted by Gasteiger charge is -2.17. The Morgan fingerprint density at radius 1 is 1.42 bits per heavy atom. The van der Waals surface area contributed by atoms with E-state index < -0.39 is 0 Å². The third kappa shape index (κ3) is 2.63. The zero-order valence-electron chi connectivity index (χ0n) is 11.8. The molecule has 0 radical (unpaired) electrons. The third-order valence-corrected chi connectivity index (χ3v) is 3.84. The Bertz CT molecular complexity index is 619. The lowest BCUT2D eigenvalue weighted by molar-refractivity contribution is 0.398. The summed E-state index contributed by atoms with van der Waals surface area (Å²) in [5.74, 6) is 1.19. The van der Waals surface area contributed by atoms with Crippen LogP contribution in [0.25, 0.3) is 11.2 Å². The molecule has 2 aromatic rings. The second-order valence-electron chi connectivity index (χ2n) is 4.98. The molecule has 0 aliphatic heterocycles. The maximum Gasteiger partial charge on any atom is 0.242 e. The largest absolute Gasteiger partial charge is 0.479 e. The van der Waals surface area contributed by atoms with Crippen molar-refractivity contribution in [2.75, 3.05) is 7.11 Å². The molecule has 0 fully saturated rings. The van der Waals surface area contributed by atoms with Crippen LogP contribution in [0.3, 0.4) is 0 Å². The van der Waals surface area contributed by atoms with E-state index in [9.17, 15) is 0 Å². The minimum atomic E-state index is 0.302. The van der Waals surface area contributed by atoms with Crippen LogP contribution in [0.1, 0.15) is 39.7 Å². The van der Waals surface area contributed by atoms with Crippen LogP contribution in [0, 0.1) is 10.7 Å². The first kappa shape index (κ1) is 14.0. The molecule has 5 nitrogen and oxygen atoms in total. The number of nitrogens with zero attached hydrogens (tertiary/aromatic N) is 3. The number of fused-ring (bicyclic) bond motifs is 1. The number of ether oxygens (including phenoxy) is 1. The number of rotatable bonds is 5. The van der Waals surface area contributed by atoms with Crippen molar-refractivity contribution in [1.29, 1.82) is 0 Å². The number of H-pyrrole nitrogens is 1. The van der Waals surface area contributed by atoms with Crippen LogP contribution in [0.15, 0.2) is 6.33 Å². The zero-order chi connectivity index (χ0) is 14.0. The van der Waals surface area contributed by atoms with E-state index >= 15 is 0 Å². The number of hydrogen-bond donors (Lipinski definition) is 1. The molecular weight excluding hydrogens is 260 g/mol. The van der Waals surface area contributed by atoms with E-state index in [2.05, 4.69) is 40.3 Å². The minimum absolute atomic E-state index is 0.302. The molecule has 2 atom stereocenters. The van der Waals surface area contributed by atoms with Gasteiger partial charge in [-0.15, -0.1) is 0 Å². The number of imidazole rings is 1. The van der Waals surface area contributed by atoms with Crippen LogP contribution >= 0.6 is 12.2 Å². The highest BCUT2D eigenvalue weighted by atomic mass is 32.1. The van der Waals surface area contributed by atoms with Crippen molar-refractivity contribution < 1.29 is 4.74 Å². The van der Waals surface area contributed by atoms with Crippen LogP contribution < -0.4 is 4.74 Å². The lowest BCUT2D eigenvalue weighted by Crippen LogP contribution is -2.10. The summed E-state index contributed by atoms with van der Waals surface area (Å²) in [7, 11) is 1.60. The van der Waals surface area contributed by atoms with Gasteiger partial charge in [0.2, 0.25) is 5.88 Å². The van der Waals surface area contributed by atoms with Gasteiger partial charge in [0, 0.05) is 6.04 Å². The summed E-state index contributed by atoms with van der Waals surface area (Å²) in [5.41, 5.74) is 1.58. The summed E-state index contributed by atoms with van der Waals surface area (Å²) in [6, 6.07) is 0.302. The fourth-order valence-corrected chi connectivity index (χ4v) is 2.70. The Morgan fingerprint density at radius 2 is 2.16 bits per heavy atom. The van der Waals surface area contributed by atoms with Gasteiger partial charge in [-0.2, -0.15) is 4.98 Å². The van der Waals surface area contributed by atoms with Gasteiger partial charge in [0.15, 0.2) is 10.4 Å². The molecule has 104 valence electrons. The Labute approximate surface area is 118 Å². The van der Waals surface area contributed by atoms with Gasteiger partial charge >= 0.3 is 0 Å². The summed E-state index contributed by atoms with van der Waals surface area (Å²) < 4.78 is 7.96. The molecule has 0 saturated carbocycles. The molecule has 6 heteroatoms. The van der Waals surface area contributed by atoms with Gasteiger partial charge in [0.25, 0.3) is 0 Å². The molecule has 19 heavy (non-hydrogen) atoms. The van der Waals surface area contributed by atoms with Gasteiger partial charge in [-0.3, -0.25) is 4.57 Å². The highest BCUT2D eigenvalue weighted by molar-refractivity contribution is 7.71. The van der Waals surface area contributed by atoms with Crippen LogP contribution in [0.4, 0.5) is 0 Å². The average Bonchev–Trinajstić information content (AvgIpc) is 2.74. The molecule has 0 aliphatic carbocycles. The molecule has 0 spiro atoms. The van der Waals surface area contributed by atoms with Crippen molar-refractivity contribution >= 4 is 23.4 Å². The van der Waals surface area contributed by atoms with Crippen LogP contribution in [0.2, 0.25) is 0 Å². The number of hydrogen-bond acceptors (Lipinski definition) is 4. The molecule has 0 aromatic carbocycles. The van der Waals surface area contributed by atoms with Crippen molar-refractivity contribution in [3.05, 3.63) is 11.1 Å². The van der Waals surface area contributed by atoms with E-state index in [1.165, 1.54) is 12.7 Å². The number of methoxy groups -OCH3 is 1. The quantitative estimate of drug-likeness (QED) is 0.852. The van der Waals surface area contributed by atoms with Gasteiger partial charge < -0.3 is 9.72 Å². The Hall–Kier alpha value is -1.43. The summed E-state index contributed by atoms with van der Waals surface area (Å²) in [4.78, 5) is 11.6. The normalized spacial score (nSPS) is 14.5. The van der Waals surface area contributed by atoms with E-state index in [1.54, 1.807) is 7.11 Å². The first-order valence-electron chi connectivity index (χ1n) is 6.57. The highest BCUT2D eigenvalue weighted by Gasteiger charge is 2.17. The van der Waals surface area contributed by atoms with E-state index in [1.807, 2.05) is 0 Å². The molecular formula is C13H20N4OS. The maximum absolute atomic E-state index is 5.41. The monoisotopic (exact) mass is 280 g/mol. The molecule has 0 saturated heterocycles. The molecule has 0 amide bonds. The molecule has 2 aromatic heterocycles. The Kier molecular flexibility index (Phi) is 4.19. The van der Waals surface area contributed by atoms with Crippen LogP contribution in [0.5, 0.6) is 5.88 Å². The van der Waals surface area contributed by atoms with Gasteiger partial charge in [0.05, 0.1) is 7.11 Å². The fraction of sp³-hybridized carbons (Fsp3) is 0.615. The van der Waals surface area contributed by atoms with E-state index in [0.717, 1.165) is 17.6 Å². The van der Waals surface area contributed by atoms with Gasteiger partial charge in [-0.05, 0) is 31.5 Å². The number of nitrogens with one attached hydrogen (secondary N) is 1. The topological polar surface area (TPSA) is 55.7 Å². The summed E-state index contributed by atoms with van der Waals surface area (Å²) >= 11 is 5.41. The molecule has 0 bridgehead atoms. The van der Waals surface area contributed by atoms with Crippen molar-refractivity contribution in [3.63, 3.8) is 0 Å². The summed E-state index contributed by atoms with van der Waals surface area (Å²) in [5, 5.41) is 0. The van der Waals surface area contributed by atoms with Crippen molar-refractivity contribution in [2.45, 2.75) is 39.7 Å². The van der Waals surface area contributed by atoms with E-state index in [-0.39, 0.29) is 0 Å². The van der Waals surface area contributed by atoms with Gasteiger partial charge in [-0.1, -0.05) is 20.3 Å². The van der Waals surface area contributed by atoms with Gasteiger partial charge in [0.1, 0.15) is 11.8 Å². The van der Waals surface area contributed by atoms with Crippen LogP contribution in [-0.2, 0) is 0 Å². The summed E-state index contributed by atoms with van der Waals surface area (Å²) in [6.45, 7) is 6.63. The first-order valence-corrected chi connectivity index (χ1v) is 6.98. The molecule has 0 aliphatic rings. The third-order valence-electron chi connectivity index (χ3n) is 3.55. The predicted molar refractivity (Wildman–Crippen MR) is 78.0 cm³/mol. The highest BCUT2D eigenvalue weighted by Crippen LogP contribution is 2.26. The Morgan fingerprint density at radius 3 is 2.79 bits per heavy atom. The molecule has 2 rings (SSSR count). The van der Waals surface area contributed by atoms with E-state index in [4.69, 9.17) is 17.0 Å². The second kappa shape index (κ2) is 5.69. The fourth-order valence-electron chi connectivity index (χ4n) is 2.33. The SMILES string of the molecule is CCC(C)CC(C)n1c(=S)[nH]c2c(OC)ncnc21. The zero-order valence-corrected chi connectivity index (χ0v) is 12.6. The minimum Gasteiger partial charge on any atom is -0.479 e. The Balaban J connectivity index is 2.49. The number of aromatic nitrogens is 4. The standard InChI is InChI=1S/C13H20N4OS/c1-5-8(2)6-9(3)17-11-10(16-13(17)19)12(18-4)15-7-14-11/h7-9H,5-6H2,1-4H3,(H,16,19). The molecule has 2 unspecified atom stereocenters. The summed E-state index contributed by atoms with van der Waals surface area (Å²) in [6.07, 6.45) is 3.75. The van der Waals surface area contributed by atoms with Crippen molar-refractivity contribution in [2.24, 2.45) is 5.92 Å². The van der Waals surface area contributed by atoms with Crippen LogP contribution in [-0.4, -0.2) is 26.6 Å². The number of aromatic amines is 1. The first-order chi connectivity index (χ1) is 9.08. The average molecular weight is 280 g/mol. The lowest BCUT2D eigenvalue weighted by atomic mass is 10.0. The van der Waals surface area contributed by atoms with Crippen molar-refractivity contribution in [1.82, 2.24) is 19.5 Å². The van der Waals surface area contributed by atoms with Gasteiger partial charge in [-0.25, -0.2) is 4.98 Å². The second-order valence-corrected chi connectivity index (χ2v) is 5.37.